The van der Waals surface area contributed by atoms with Gasteiger partial charge in [0.15, 0.2) is 0 Å². The van der Waals surface area contributed by atoms with Gasteiger partial charge in [0.1, 0.15) is 25.0 Å². The van der Waals surface area contributed by atoms with Crippen LogP contribution >= 0.6 is 0 Å². The Hall–Kier alpha value is -1.59. The minimum Gasteiger partial charge on any atom is -0.491 e. The molecule has 0 saturated heterocycles. The van der Waals surface area contributed by atoms with Gasteiger partial charge in [-0.3, -0.25) is 4.79 Å². The number of amides is 1. The molecule has 1 aromatic carbocycles. The highest BCUT2D eigenvalue weighted by Crippen LogP contribution is 2.15. The summed E-state index contributed by atoms with van der Waals surface area (Å²) in [6, 6.07) is 7.08. The summed E-state index contributed by atoms with van der Waals surface area (Å²) in [6.45, 7) is 8.62. The lowest BCUT2D eigenvalue weighted by Gasteiger charge is -2.19. The van der Waals surface area contributed by atoms with E-state index in [1.54, 1.807) is 24.3 Å². The smallest absolute Gasteiger partial charge is 0.221 e. The van der Waals surface area contributed by atoms with Crippen LogP contribution in [-0.2, 0) is 4.79 Å². The molecule has 0 aliphatic carbocycles. The fourth-order valence-corrected chi connectivity index (χ4v) is 1.59. The van der Waals surface area contributed by atoms with Crippen molar-refractivity contribution in [1.29, 1.82) is 0 Å². The predicted molar refractivity (Wildman–Crippen MR) is 78.8 cm³/mol. The topological polar surface area (TPSA) is 75.2 Å². The molecule has 0 bridgehead atoms. The van der Waals surface area contributed by atoms with Crippen LogP contribution in [0.5, 0.6) is 5.75 Å². The summed E-state index contributed by atoms with van der Waals surface area (Å²) in [5.41, 5.74) is 0.826. The van der Waals surface area contributed by atoms with Crippen molar-refractivity contribution in [2.75, 3.05) is 18.5 Å². The van der Waals surface area contributed by atoms with Gasteiger partial charge in [0.2, 0.25) is 5.91 Å². The average molecular weight is 281 g/mol. The number of carbonyl (C=O) groups is 1. The summed E-state index contributed by atoms with van der Waals surface area (Å²) in [6.07, 6.45) is -0.510. The standard InChI is InChI=1S/C15H24N2O3/c1-11(18)17-12-5-7-14(8-6-12)20-10-13(19)9-16-15(2,3)4/h5-8,13,16,19H,9-10H2,1-4H3,(H,17,18)/p+1/t13-/m0/s1. The Labute approximate surface area is 120 Å². The van der Waals surface area contributed by atoms with Gasteiger partial charge in [-0.2, -0.15) is 0 Å². The molecule has 5 heteroatoms. The molecule has 0 aromatic heterocycles. The van der Waals surface area contributed by atoms with E-state index >= 15 is 0 Å². The quantitative estimate of drug-likeness (QED) is 0.720. The van der Waals surface area contributed by atoms with E-state index in [0.29, 0.717) is 12.3 Å². The van der Waals surface area contributed by atoms with E-state index in [4.69, 9.17) is 4.74 Å². The van der Waals surface area contributed by atoms with E-state index in [-0.39, 0.29) is 18.1 Å². The largest absolute Gasteiger partial charge is 0.491 e. The maximum atomic E-state index is 10.9. The molecule has 1 amide bonds. The molecule has 4 N–H and O–H groups in total. The lowest BCUT2D eigenvalue weighted by Crippen LogP contribution is -2.96. The monoisotopic (exact) mass is 281 g/mol. The molecule has 112 valence electrons. The van der Waals surface area contributed by atoms with Gasteiger partial charge in [-0.1, -0.05) is 0 Å². The molecule has 1 atom stereocenters. The van der Waals surface area contributed by atoms with Gasteiger partial charge in [0.05, 0.1) is 5.54 Å². The Balaban J connectivity index is 2.36. The van der Waals surface area contributed by atoms with E-state index in [2.05, 4.69) is 31.4 Å². The van der Waals surface area contributed by atoms with Gasteiger partial charge in [0, 0.05) is 12.6 Å². The number of quaternary nitrogens is 1. The van der Waals surface area contributed by atoms with E-state index in [0.717, 1.165) is 5.69 Å². The first-order chi connectivity index (χ1) is 9.26. The maximum Gasteiger partial charge on any atom is 0.221 e. The summed E-state index contributed by atoms with van der Waals surface area (Å²) in [7, 11) is 0. The summed E-state index contributed by atoms with van der Waals surface area (Å²) in [5, 5.41) is 14.6. The Bertz CT molecular complexity index is 424. The van der Waals surface area contributed by atoms with Crippen LogP contribution in [0.15, 0.2) is 24.3 Å². The van der Waals surface area contributed by atoms with Gasteiger partial charge in [0.25, 0.3) is 0 Å². The fraction of sp³-hybridized carbons (Fsp3) is 0.533. The highest BCUT2D eigenvalue weighted by Gasteiger charge is 2.16. The Morgan fingerprint density at radius 2 is 1.95 bits per heavy atom. The van der Waals surface area contributed by atoms with E-state index in [1.165, 1.54) is 6.92 Å². The number of hydrogen-bond acceptors (Lipinski definition) is 3. The summed E-state index contributed by atoms with van der Waals surface area (Å²) < 4.78 is 5.51. The van der Waals surface area contributed by atoms with Crippen molar-refractivity contribution in [2.45, 2.75) is 39.3 Å². The Morgan fingerprint density at radius 3 is 2.45 bits per heavy atom. The zero-order valence-electron chi connectivity index (χ0n) is 12.6. The van der Waals surface area contributed by atoms with Crippen LogP contribution in [-0.4, -0.2) is 35.8 Å². The third-order valence-corrected chi connectivity index (χ3v) is 2.62. The second-order valence-electron chi connectivity index (χ2n) is 5.98. The van der Waals surface area contributed by atoms with E-state index < -0.39 is 6.10 Å². The number of anilines is 1. The molecular weight excluding hydrogens is 256 g/mol. The van der Waals surface area contributed by atoms with Gasteiger partial charge in [-0.25, -0.2) is 0 Å². The third-order valence-electron chi connectivity index (χ3n) is 2.62. The number of nitrogens with one attached hydrogen (secondary N) is 1. The number of aliphatic hydroxyl groups is 1. The van der Waals surface area contributed by atoms with Crippen LogP contribution in [0, 0.1) is 0 Å². The first-order valence-electron chi connectivity index (χ1n) is 6.79. The second kappa shape index (κ2) is 7.26. The van der Waals surface area contributed by atoms with Crippen molar-refractivity contribution >= 4 is 11.6 Å². The highest BCUT2D eigenvalue weighted by atomic mass is 16.5. The zero-order chi connectivity index (χ0) is 15.2. The first-order valence-corrected chi connectivity index (χ1v) is 6.79. The van der Waals surface area contributed by atoms with Crippen molar-refractivity contribution in [2.24, 2.45) is 0 Å². The van der Waals surface area contributed by atoms with Crippen molar-refractivity contribution < 1.29 is 20.0 Å². The predicted octanol–water partition coefficient (Wildman–Crippen LogP) is 0.747. The second-order valence-corrected chi connectivity index (χ2v) is 5.98. The third kappa shape index (κ3) is 7.11. The number of rotatable bonds is 6. The molecule has 0 aliphatic rings. The summed E-state index contributed by atoms with van der Waals surface area (Å²) in [4.78, 5) is 10.9. The summed E-state index contributed by atoms with van der Waals surface area (Å²) in [5.74, 6) is 0.570. The lowest BCUT2D eigenvalue weighted by molar-refractivity contribution is -0.722. The molecule has 0 aliphatic heterocycles. The van der Waals surface area contributed by atoms with Crippen LogP contribution < -0.4 is 15.4 Å². The van der Waals surface area contributed by atoms with E-state index in [1.807, 2.05) is 0 Å². The number of hydrogen-bond donors (Lipinski definition) is 3. The molecule has 0 unspecified atom stereocenters. The molecule has 0 spiro atoms. The molecule has 20 heavy (non-hydrogen) atoms. The highest BCUT2D eigenvalue weighted by molar-refractivity contribution is 5.88. The van der Waals surface area contributed by atoms with Gasteiger partial charge < -0.3 is 20.5 Å². The molecule has 0 saturated carbocycles. The van der Waals surface area contributed by atoms with Crippen LogP contribution in [0.1, 0.15) is 27.7 Å². The molecule has 0 radical (unpaired) electrons. The van der Waals surface area contributed by atoms with Crippen LogP contribution in [0.2, 0.25) is 0 Å². The molecule has 0 fully saturated rings. The minimum absolute atomic E-state index is 0.0982. The van der Waals surface area contributed by atoms with Gasteiger partial charge in [-0.05, 0) is 45.0 Å². The maximum absolute atomic E-state index is 10.9. The number of nitrogens with two attached hydrogens (primary N) is 1. The zero-order valence-corrected chi connectivity index (χ0v) is 12.6. The van der Waals surface area contributed by atoms with Crippen molar-refractivity contribution in [3.63, 3.8) is 0 Å². The van der Waals surface area contributed by atoms with E-state index in [9.17, 15) is 9.90 Å². The van der Waals surface area contributed by atoms with Crippen molar-refractivity contribution in [1.82, 2.24) is 0 Å². The fourth-order valence-electron chi connectivity index (χ4n) is 1.59. The molecular formula is C15H25N2O3+. The lowest BCUT2D eigenvalue weighted by atomic mass is 10.1. The van der Waals surface area contributed by atoms with Gasteiger partial charge in [-0.15, -0.1) is 0 Å². The SMILES string of the molecule is CC(=O)Nc1ccc(OC[C@@H](O)C[NH2+]C(C)(C)C)cc1. The molecule has 1 rings (SSSR count). The normalized spacial score (nSPS) is 12.8. The summed E-state index contributed by atoms with van der Waals surface area (Å²) >= 11 is 0. The molecule has 0 heterocycles. The van der Waals surface area contributed by atoms with Crippen LogP contribution in [0.4, 0.5) is 5.69 Å². The molecule has 1 aromatic rings. The average Bonchev–Trinajstić information content (AvgIpc) is 2.34. The minimum atomic E-state index is -0.510. The number of ether oxygens (including phenoxy) is 1. The number of aliphatic hydroxyl groups excluding tert-OH is 1. The van der Waals surface area contributed by atoms with Crippen LogP contribution in [0.3, 0.4) is 0 Å². The Kier molecular flexibility index (Phi) is 5.98. The Morgan fingerprint density at radius 1 is 1.35 bits per heavy atom. The number of benzene rings is 1. The first kappa shape index (κ1) is 16.5. The van der Waals surface area contributed by atoms with Crippen molar-refractivity contribution in [3.8, 4) is 5.75 Å². The molecule has 5 nitrogen and oxygen atoms in total. The van der Waals surface area contributed by atoms with Crippen LogP contribution in [0.25, 0.3) is 0 Å². The number of carbonyl (C=O) groups excluding carboxylic acids is 1. The van der Waals surface area contributed by atoms with Crippen molar-refractivity contribution in [3.05, 3.63) is 24.3 Å². The van der Waals surface area contributed by atoms with Gasteiger partial charge >= 0.3 is 0 Å².